The molecule has 3 nitrogen and oxygen atoms in total. The summed E-state index contributed by atoms with van der Waals surface area (Å²) in [7, 11) is 0. The zero-order valence-corrected chi connectivity index (χ0v) is 10.1. The van der Waals surface area contributed by atoms with Crippen molar-refractivity contribution < 1.29 is 4.55 Å². The van der Waals surface area contributed by atoms with E-state index in [0.717, 1.165) is 5.56 Å². The van der Waals surface area contributed by atoms with Gasteiger partial charge in [-0.25, -0.2) is 0 Å². The minimum absolute atomic E-state index is 0.228. The maximum atomic E-state index is 11.1. The average Bonchev–Trinajstić information content (AvgIpc) is 2.26. The number of rotatable bonds is 5. The zero-order chi connectivity index (χ0) is 11.3. The van der Waals surface area contributed by atoms with Crippen molar-refractivity contribution in [2.45, 2.75) is 13.0 Å². The van der Waals surface area contributed by atoms with Crippen LogP contribution in [0.5, 0.6) is 0 Å². The van der Waals surface area contributed by atoms with Gasteiger partial charge in [0.2, 0.25) is 0 Å². The van der Waals surface area contributed by atoms with Crippen molar-refractivity contribution in [2.24, 2.45) is 5.73 Å². The largest absolute Gasteiger partial charge is 0.598 e. The number of benzene rings is 1. The highest BCUT2D eigenvalue weighted by molar-refractivity contribution is 7.89. The molecule has 3 N–H and O–H groups in total. The van der Waals surface area contributed by atoms with E-state index in [2.05, 4.69) is 4.72 Å². The van der Waals surface area contributed by atoms with Crippen molar-refractivity contribution in [2.75, 3.05) is 12.3 Å². The molecule has 0 saturated heterocycles. The minimum Gasteiger partial charge on any atom is -0.598 e. The van der Waals surface area contributed by atoms with Crippen molar-refractivity contribution in [1.29, 1.82) is 0 Å². The van der Waals surface area contributed by atoms with Crippen LogP contribution in [0.4, 0.5) is 0 Å². The Morgan fingerprint density at radius 1 is 1.53 bits per heavy atom. The van der Waals surface area contributed by atoms with E-state index in [9.17, 15) is 4.55 Å². The third-order valence-electron chi connectivity index (χ3n) is 2.03. The highest BCUT2D eigenvalue weighted by atomic mass is 35.5. The lowest BCUT2D eigenvalue weighted by molar-refractivity contribution is 0.572. The summed E-state index contributed by atoms with van der Waals surface area (Å²) in [5.41, 5.74) is 6.79. The molecule has 0 amide bonds. The van der Waals surface area contributed by atoms with E-state index in [1.54, 1.807) is 6.07 Å². The van der Waals surface area contributed by atoms with Gasteiger partial charge in [-0.1, -0.05) is 29.8 Å². The van der Waals surface area contributed by atoms with Gasteiger partial charge in [0, 0.05) is 22.4 Å². The molecule has 5 heteroatoms. The first-order valence-electron chi connectivity index (χ1n) is 4.77. The molecule has 1 aromatic carbocycles. The molecule has 0 heterocycles. The summed E-state index contributed by atoms with van der Waals surface area (Å²) in [4.78, 5) is 0. The van der Waals surface area contributed by atoms with Crippen molar-refractivity contribution in [3.8, 4) is 0 Å². The third kappa shape index (κ3) is 4.01. The Labute approximate surface area is 98.3 Å². The highest BCUT2D eigenvalue weighted by Crippen LogP contribution is 2.20. The van der Waals surface area contributed by atoms with Gasteiger partial charge in [-0.2, -0.15) is 0 Å². The van der Waals surface area contributed by atoms with E-state index < -0.39 is 11.4 Å². The van der Waals surface area contributed by atoms with E-state index in [4.69, 9.17) is 17.3 Å². The Morgan fingerprint density at radius 3 is 2.80 bits per heavy atom. The molecule has 0 spiro atoms. The van der Waals surface area contributed by atoms with Crippen LogP contribution < -0.4 is 10.5 Å². The van der Waals surface area contributed by atoms with Gasteiger partial charge in [0.05, 0.1) is 6.54 Å². The molecule has 84 valence electrons. The third-order valence-corrected chi connectivity index (χ3v) is 3.39. The van der Waals surface area contributed by atoms with Crippen LogP contribution >= 0.6 is 11.6 Å². The van der Waals surface area contributed by atoms with Gasteiger partial charge in [-0.15, -0.1) is 4.72 Å². The molecule has 0 saturated carbocycles. The van der Waals surface area contributed by atoms with E-state index in [1.807, 2.05) is 25.1 Å². The molecule has 2 unspecified atom stereocenters. The van der Waals surface area contributed by atoms with Gasteiger partial charge in [-0.3, -0.25) is 0 Å². The maximum Gasteiger partial charge on any atom is 0.122 e. The lowest BCUT2D eigenvalue weighted by Gasteiger charge is -2.15. The molecule has 15 heavy (non-hydrogen) atoms. The summed E-state index contributed by atoms with van der Waals surface area (Å²) < 4.78 is 14.0. The Hall–Kier alpha value is -0.260. The smallest absolute Gasteiger partial charge is 0.122 e. The molecule has 1 rings (SSSR count). The van der Waals surface area contributed by atoms with Crippen molar-refractivity contribution in [1.82, 2.24) is 4.72 Å². The predicted octanol–water partition coefficient (Wildman–Crippen LogP) is 1.61. The molecular weight excluding hydrogens is 232 g/mol. The number of hydrogen-bond acceptors (Lipinski definition) is 3. The normalized spacial score (nSPS) is 14.9. The van der Waals surface area contributed by atoms with Crippen LogP contribution in [0.15, 0.2) is 24.3 Å². The molecule has 1 aromatic rings. The molecule has 2 atom stereocenters. The van der Waals surface area contributed by atoms with Crippen LogP contribution in [0, 0.1) is 0 Å². The number of nitrogens with two attached hydrogens (primary N) is 1. The van der Waals surface area contributed by atoms with E-state index in [-0.39, 0.29) is 6.04 Å². The van der Waals surface area contributed by atoms with Crippen LogP contribution in [0.3, 0.4) is 0 Å². The topological polar surface area (TPSA) is 61.1 Å². The van der Waals surface area contributed by atoms with Gasteiger partial charge in [0.15, 0.2) is 0 Å². The van der Waals surface area contributed by atoms with E-state index in [1.165, 1.54) is 0 Å². The number of nitrogens with one attached hydrogen (secondary N) is 1. The maximum absolute atomic E-state index is 11.1. The van der Waals surface area contributed by atoms with Gasteiger partial charge in [0.25, 0.3) is 0 Å². The second-order valence-corrected chi connectivity index (χ2v) is 5.07. The second-order valence-electron chi connectivity index (χ2n) is 3.11. The molecule has 0 aliphatic rings. The second kappa shape index (κ2) is 6.35. The van der Waals surface area contributed by atoms with Crippen LogP contribution in [0.1, 0.15) is 18.5 Å². The fourth-order valence-electron chi connectivity index (χ4n) is 1.17. The van der Waals surface area contributed by atoms with Gasteiger partial charge < -0.3 is 10.3 Å². The fourth-order valence-corrected chi connectivity index (χ4v) is 2.02. The highest BCUT2D eigenvalue weighted by Gasteiger charge is 2.12. The molecule has 0 radical (unpaired) electrons. The molecule has 0 aliphatic heterocycles. The van der Waals surface area contributed by atoms with Crippen molar-refractivity contribution >= 4 is 23.0 Å². The Bertz CT molecular complexity index is 311. The van der Waals surface area contributed by atoms with Crippen molar-refractivity contribution in [3.05, 3.63) is 34.9 Å². The molecule has 0 bridgehead atoms. The molecule has 0 fully saturated rings. The van der Waals surface area contributed by atoms with Crippen molar-refractivity contribution in [3.63, 3.8) is 0 Å². The van der Waals surface area contributed by atoms with Gasteiger partial charge in [-0.05, 0) is 18.6 Å². The lowest BCUT2D eigenvalue weighted by Crippen LogP contribution is -2.33. The van der Waals surface area contributed by atoms with Crippen LogP contribution in [0.2, 0.25) is 5.02 Å². The SMILES string of the molecule is CC[S+]([O-])NCC(N)c1ccccc1Cl. The van der Waals surface area contributed by atoms with Gasteiger partial charge in [0.1, 0.15) is 5.75 Å². The minimum atomic E-state index is -1.00. The average molecular weight is 247 g/mol. The first kappa shape index (κ1) is 12.8. The summed E-state index contributed by atoms with van der Waals surface area (Å²) in [6.07, 6.45) is 0. The summed E-state index contributed by atoms with van der Waals surface area (Å²) >= 11 is 4.98. The number of halogens is 1. The summed E-state index contributed by atoms with van der Waals surface area (Å²) in [6, 6.07) is 7.19. The fraction of sp³-hybridized carbons (Fsp3) is 0.400. The number of hydrogen-bond donors (Lipinski definition) is 2. The molecule has 0 aliphatic carbocycles. The van der Waals surface area contributed by atoms with Gasteiger partial charge >= 0.3 is 0 Å². The molecular formula is C10H15ClN2OS. The molecule has 0 aromatic heterocycles. The predicted molar refractivity (Wildman–Crippen MR) is 65.1 cm³/mol. The quantitative estimate of drug-likeness (QED) is 0.776. The first-order chi connectivity index (χ1) is 7.15. The summed E-state index contributed by atoms with van der Waals surface area (Å²) in [5.74, 6) is 0.579. The van der Waals surface area contributed by atoms with Crippen LogP contribution in [-0.2, 0) is 11.4 Å². The monoisotopic (exact) mass is 246 g/mol. The van der Waals surface area contributed by atoms with Crippen LogP contribution in [0.25, 0.3) is 0 Å². The van der Waals surface area contributed by atoms with E-state index in [0.29, 0.717) is 17.3 Å². The van der Waals surface area contributed by atoms with E-state index >= 15 is 0 Å². The Kier molecular flexibility index (Phi) is 5.42. The summed E-state index contributed by atoms with van der Waals surface area (Å²) in [5, 5.41) is 0.647. The standard InChI is InChI=1S/C10H15ClN2OS/c1-2-15(14)13-7-10(12)8-5-3-4-6-9(8)11/h3-6,10,13H,2,7,12H2,1H3. The lowest BCUT2D eigenvalue weighted by atomic mass is 10.1. The Balaban J connectivity index is 2.54. The Morgan fingerprint density at radius 2 is 2.20 bits per heavy atom. The summed E-state index contributed by atoms with van der Waals surface area (Å²) in [6.45, 7) is 2.31. The van der Waals surface area contributed by atoms with Crippen LogP contribution in [-0.4, -0.2) is 16.9 Å². The zero-order valence-electron chi connectivity index (χ0n) is 8.57. The first-order valence-corrected chi connectivity index (χ1v) is 6.46.